The molecule has 8 heteroatoms. The first kappa shape index (κ1) is 21.1. The van der Waals surface area contributed by atoms with E-state index in [0.29, 0.717) is 5.56 Å². The monoisotopic (exact) mass is 407 g/mol. The standard InChI is InChI=1S/C22H25N5O3/c1-3-6-19(21(29)30-4-2)25-20(28)17-7-9-18(10-8-17)26-13-15-27(16-14-26)22-23-11-5-12-24-22/h1,5,7-12,19H,4,6,13-16H2,2H3,(H,25,28)/t19-/m0/s1. The number of hydrogen-bond donors (Lipinski definition) is 1. The Labute approximate surface area is 176 Å². The molecule has 1 N–H and O–H groups in total. The van der Waals surface area contributed by atoms with Crippen molar-refractivity contribution in [3.63, 3.8) is 0 Å². The van der Waals surface area contributed by atoms with Crippen LogP contribution in [0.15, 0.2) is 42.7 Å². The molecule has 2 heterocycles. The van der Waals surface area contributed by atoms with E-state index >= 15 is 0 Å². The predicted molar refractivity (Wildman–Crippen MR) is 114 cm³/mol. The van der Waals surface area contributed by atoms with Crippen molar-refractivity contribution in [2.45, 2.75) is 19.4 Å². The molecular weight excluding hydrogens is 382 g/mol. The normalized spacial score (nSPS) is 14.5. The molecule has 8 nitrogen and oxygen atoms in total. The van der Waals surface area contributed by atoms with Gasteiger partial charge in [0.1, 0.15) is 6.04 Å². The minimum atomic E-state index is -0.851. The third-order valence-electron chi connectivity index (χ3n) is 4.81. The lowest BCUT2D eigenvalue weighted by Gasteiger charge is -2.36. The van der Waals surface area contributed by atoms with E-state index in [0.717, 1.165) is 37.8 Å². The molecule has 156 valence electrons. The van der Waals surface area contributed by atoms with Crippen molar-refractivity contribution in [1.82, 2.24) is 15.3 Å². The number of piperazine rings is 1. The van der Waals surface area contributed by atoms with Crippen LogP contribution in [0, 0.1) is 12.3 Å². The van der Waals surface area contributed by atoms with Gasteiger partial charge in [-0.3, -0.25) is 4.79 Å². The van der Waals surface area contributed by atoms with Gasteiger partial charge < -0.3 is 19.9 Å². The number of aromatic nitrogens is 2. The van der Waals surface area contributed by atoms with E-state index in [4.69, 9.17) is 11.2 Å². The van der Waals surface area contributed by atoms with Gasteiger partial charge in [0.15, 0.2) is 0 Å². The number of terminal acetylenes is 1. The number of amides is 1. The fraction of sp³-hybridized carbons (Fsp3) is 0.364. The number of carbonyl (C=O) groups excluding carboxylic acids is 2. The number of hydrogen-bond acceptors (Lipinski definition) is 7. The van der Waals surface area contributed by atoms with E-state index in [-0.39, 0.29) is 18.9 Å². The maximum atomic E-state index is 12.5. The average molecular weight is 407 g/mol. The van der Waals surface area contributed by atoms with E-state index in [1.54, 1.807) is 37.5 Å². The number of rotatable bonds is 7. The Bertz CT molecular complexity index is 887. The molecule has 1 aromatic heterocycles. The van der Waals surface area contributed by atoms with Crippen LogP contribution in [-0.2, 0) is 9.53 Å². The van der Waals surface area contributed by atoms with Crippen LogP contribution >= 0.6 is 0 Å². The molecular formula is C22H25N5O3. The van der Waals surface area contributed by atoms with Gasteiger partial charge in [-0.2, -0.15) is 0 Å². The number of ether oxygens (including phenoxy) is 1. The highest BCUT2D eigenvalue weighted by Crippen LogP contribution is 2.19. The topological polar surface area (TPSA) is 87.7 Å². The molecule has 30 heavy (non-hydrogen) atoms. The van der Waals surface area contributed by atoms with Crippen molar-refractivity contribution in [2.24, 2.45) is 0 Å². The lowest BCUT2D eigenvalue weighted by Crippen LogP contribution is -2.47. The van der Waals surface area contributed by atoms with Gasteiger partial charge in [-0.25, -0.2) is 14.8 Å². The lowest BCUT2D eigenvalue weighted by atomic mass is 10.1. The molecule has 0 saturated carbocycles. The van der Waals surface area contributed by atoms with Crippen molar-refractivity contribution >= 4 is 23.5 Å². The summed E-state index contributed by atoms with van der Waals surface area (Å²) < 4.78 is 4.96. The number of nitrogens with zero attached hydrogens (tertiary/aromatic N) is 4. The summed E-state index contributed by atoms with van der Waals surface area (Å²) >= 11 is 0. The second-order valence-electron chi connectivity index (χ2n) is 6.76. The average Bonchev–Trinajstić information content (AvgIpc) is 2.80. The molecule has 2 aromatic rings. The van der Waals surface area contributed by atoms with Gasteiger partial charge in [-0.05, 0) is 37.3 Å². The van der Waals surface area contributed by atoms with E-state index in [1.807, 2.05) is 12.1 Å². The van der Waals surface area contributed by atoms with Crippen molar-refractivity contribution < 1.29 is 14.3 Å². The Morgan fingerprint density at radius 2 is 1.77 bits per heavy atom. The zero-order chi connectivity index (χ0) is 21.3. The molecule has 1 amide bonds. The summed E-state index contributed by atoms with van der Waals surface area (Å²) in [6.45, 7) is 5.24. The number of carbonyl (C=O) groups is 2. The third-order valence-corrected chi connectivity index (χ3v) is 4.81. The first-order chi connectivity index (χ1) is 14.6. The zero-order valence-electron chi connectivity index (χ0n) is 17.0. The molecule has 0 aliphatic carbocycles. The molecule has 0 unspecified atom stereocenters. The van der Waals surface area contributed by atoms with E-state index in [2.05, 4.69) is 31.0 Å². The summed E-state index contributed by atoms with van der Waals surface area (Å²) in [6.07, 6.45) is 8.87. The largest absolute Gasteiger partial charge is 0.464 e. The van der Waals surface area contributed by atoms with Gasteiger partial charge in [-0.15, -0.1) is 12.3 Å². The van der Waals surface area contributed by atoms with Crippen LogP contribution in [0.5, 0.6) is 0 Å². The smallest absolute Gasteiger partial charge is 0.329 e. The Morgan fingerprint density at radius 3 is 2.37 bits per heavy atom. The van der Waals surface area contributed by atoms with Gasteiger partial charge in [0.05, 0.1) is 6.61 Å². The Morgan fingerprint density at radius 1 is 1.13 bits per heavy atom. The molecule has 0 bridgehead atoms. The lowest BCUT2D eigenvalue weighted by molar-refractivity contribution is -0.145. The van der Waals surface area contributed by atoms with Crippen LogP contribution in [-0.4, -0.2) is 60.7 Å². The summed E-state index contributed by atoms with van der Waals surface area (Å²) in [5.74, 6) is 2.25. The molecule has 3 rings (SSSR count). The van der Waals surface area contributed by atoms with Crippen LogP contribution in [0.25, 0.3) is 0 Å². The summed E-state index contributed by atoms with van der Waals surface area (Å²) in [5, 5.41) is 2.65. The van der Waals surface area contributed by atoms with Gasteiger partial charge in [0.25, 0.3) is 5.91 Å². The molecule has 1 aliphatic heterocycles. The third kappa shape index (κ3) is 5.26. The number of anilines is 2. The fourth-order valence-corrected chi connectivity index (χ4v) is 3.24. The second kappa shape index (κ2) is 10.3. The highest BCUT2D eigenvalue weighted by molar-refractivity contribution is 5.97. The van der Waals surface area contributed by atoms with Gasteiger partial charge in [0, 0.05) is 56.2 Å². The maximum absolute atomic E-state index is 12.5. The van der Waals surface area contributed by atoms with Crippen molar-refractivity contribution in [1.29, 1.82) is 0 Å². The molecule has 1 fully saturated rings. The van der Waals surface area contributed by atoms with Crippen LogP contribution in [0.1, 0.15) is 23.7 Å². The Balaban J connectivity index is 1.57. The van der Waals surface area contributed by atoms with Crippen LogP contribution in [0.4, 0.5) is 11.6 Å². The molecule has 1 aliphatic rings. The molecule has 1 saturated heterocycles. The number of benzene rings is 1. The first-order valence-electron chi connectivity index (χ1n) is 9.90. The zero-order valence-corrected chi connectivity index (χ0v) is 17.0. The molecule has 0 spiro atoms. The van der Waals surface area contributed by atoms with Crippen LogP contribution in [0.3, 0.4) is 0 Å². The minimum Gasteiger partial charge on any atom is -0.464 e. The summed E-state index contributed by atoms with van der Waals surface area (Å²) in [6, 6.07) is 8.26. The SMILES string of the molecule is C#CC[C@H](NC(=O)c1ccc(N2CCN(c3ncccn3)CC2)cc1)C(=O)OCC. The minimum absolute atomic E-state index is 0.0814. The van der Waals surface area contributed by atoms with Crippen molar-refractivity contribution in [3.05, 3.63) is 48.3 Å². The molecule has 1 aromatic carbocycles. The van der Waals surface area contributed by atoms with Crippen molar-refractivity contribution in [2.75, 3.05) is 42.6 Å². The maximum Gasteiger partial charge on any atom is 0.329 e. The molecule has 0 radical (unpaired) electrons. The highest BCUT2D eigenvalue weighted by atomic mass is 16.5. The number of nitrogens with one attached hydrogen (secondary N) is 1. The fourth-order valence-electron chi connectivity index (χ4n) is 3.24. The molecule has 1 atom stereocenters. The van der Waals surface area contributed by atoms with Gasteiger partial charge in [-0.1, -0.05) is 0 Å². The second-order valence-corrected chi connectivity index (χ2v) is 6.76. The summed E-state index contributed by atoms with van der Waals surface area (Å²) in [7, 11) is 0. The first-order valence-corrected chi connectivity index (χ1v) is 9.90. The Kier molecular flexibility index (Phi) is 7.22. The quantitative estimate of drug-likeness (QED) is 0.550. The Hall–Kier alpha value is -3.60. The summed E-state index contributed by atoms with van der Waals surface area (Å²) in [5.41, 5.74) is 1.49. The highest BCUT2D eigenvalue weighted by Gasteiger charge is 2.22. The van der Waals surface area contributed by atoms with Crippen LogP contribution in [0.2, 0.25) is 0 Å². The van der Waals surface area contributed by atoms with Gasteiger partial charge >= 0.3 is 5.97 Å². The predicted octanol–water partition coefficient (Wildman–Crippen LogP) is 1.49. The van der Waals surface area contributed by atoms with E-state index < -0.39 is 12.0 Å². The van der Waals surface area contributed by atoms with E-state index in [9.17, 15) is 9.59 Å². The van der Waals surface area contributed by atoms with Crippen molar-refractivity contribution in [3.8, 4) is 12.3 Å². The summed E-state index contributed by atoms with van der Waals surface area (Å²) in [4.78, 5) is 37.4. The van der Waals surface area contributed by atoms with Gasteiger partial charge in [0.2, 0.25) is 5.95 Å². The van der Waals surface area contributed by atoms with Crippen LogP contribution < -0.4 is 15.1 Å². The van der Waals surface area contributed by atoms with E-state index in [1.165, 1.54) is 0 Å². The number of esters is 1.